The molecule has 0 fully saturated rings. The third-order valence-electron chi connectivity index (χ3n) is 2.63. The molecule has 0 radical (unpaired) electrons. The SMILES string of the molecule is C[C@@](N)(CC(=O)CP(=O)(O)O)C(=O)OCc1ccccc1. The summed E-state index contributed by atoms with van der Waals surface area (Å²) in [6, 6.07) is 8.92. The Morgan fingerprint density at radius 2 is 1.86 bits per heavy atom. The second-order valence-electron chi connectivity index (χ2n) is 5.02. The van der Waals surface area contributed by atoms with Crippen LogP contribution in [0.15, 0.2) is 30.3 Å². The summed E-state index contributed by atoms with van der Waals surface area (Å²) in [6.45, 7) is 1.30. The quantitative estimate of drug-likeness (QED) is 0.496. The van der Waals surface area contributed by atoms with Gasteiger partial charge in [0, 0.05) is 6.42 Å². The Kier molecular flexibility index (Phi) is 5.80. The summed E-state index contributed by atoms with van der Waals surface area (Å²) in [5.74, 6) is -1.59. The van der Waals surface area contributed by atoms with Gasteiger partial charge in [0.15, 0.2) is 0 Å². The van der Waals surface area contributed by atoms with Crippen LogP contribution in [0, 0.1) is 0 Å². The van der Waals surface area contributed by atoms with Crippen LogP contribution in [0.2, 0.25) is 0 Å². The zero-order chi connectivity index (χ0) is 16.1. The average molecular weight is 315 g/mol. The van der Waals surface area contributed by atoms with E-state index < -0.39 is 37.5 Å². The van der Waals surface area contributed by atoms with Crippen molar-refractivity contribution in [1.82, 2.24) is 0 Å². The Balaban J connectivity index is 2.55. The second kappa shape index (κ2) is 6.95. The van der Waals surface area contributed by atoms with Crippen LogP contribution in [-0.2, 0) is 25.5 Å². The van der Waals surface area contributed by atoms with Crippen molar-refractivity contribution in [3.63, 3.8) is 0 Å². The molecule has 1 aromatic carbocycles. The minimum atomic E-state index is -4.46. The maximum atomic E-state index is 11.8. The van der Waals surface area contributed by atoms with Crippen molar-refractivity contribution in [2.24, 2.45) is 5.73 Å². The molecule has 0 heterocycles. The summed E-state index contributed by atoms with van der Waals surface area (Å²) in [7, 11) is -4.46. The van der Waals surface area contributed by atoms with Crippen molar-refractivity contribution in [1.29, 1.82) is 0 Å². The molecule has 7 nitrogen and oxygen atoms in total. The lowest BCUT2D eigenvalue weighted by atomic mass is 9.97. The normalized spacial score (nSPS) is 14.3. The molecule has 0 aliphatic rings. The number of esters is 1. The van der Waals surface area contributed by atoms with Crippen LogP contribution in [0.3, 0.4) is 0 Å². The molecule has 8 heteroatoms. The molecule has 0 aliphatic carbocycles. The van der Waals surface area contributed by atoms with Gasteiger partial charge in [-0.25, -0.2) is 0 Å². The molecule has 1 rings (SSSR count). The van der Waals surface area contributed by atoms with Gasteiger partial charge in [0.1, 0.15) is 24.1 Å². The van der Waals surface area contributed by atoms with Gasteiger partial charge < -0.3 is 20.3 Å². The zero-order valence-corrected chi connectivity index (χ0v) is 12.5. The minimum absolute atomic E-state index is 0.0130. The minimum Gasteiger partial charge on any atom is -0.459 e. The molecule has 0 saturated heterocycles. The summed E-state index contributed by atoms with van der Waals surface area (Å²) in [5.41, 5.74) is 4.84. The molecule has 0 spiro atoms. The monoisotopic (exact) mass is 315 g/mol. The molecule has 21 heavy (non-hydrogen) atoms. The highest BCUT2D eigenvalue weighted by Crippen LogP contribution is 2.34. The molecule has 0 amide bonds. The van der Waals surface area contributed by atoms with Gasteiger partial charge in [-0.05, 0) is 12.5 Å². The van der Waals surface area contributed by atoms with Crippen molar-refractivity contribution in [3.8, 4) is 0 Å². The highest BCUT2D eigenvalue weighted by atomic mass is 31.2. The number of benzene rings is 1. The van der Waals surface area contributed by atoms with Gasteiger partial charge in [0.05, 0.1) is 0 Å². The van der Waals surface area contributed by atoms with Gasteiger partial charge in [-0.1, -0.05) is 30.3 Å². The first-order valence-corrected chi connectivity index (χ1v) is 7.96. The van der Waals surface area contributed by atoms with Crippen molar-refractivity contribution in [2.75, 3.05) is 6.16 Å². The number of ketones is 1. The molecule has 0 unspecified atom stereocenters. The van der Waals surface area contributed by atoms with E-state index in [-0.39, 0.29) is 6.61 Å². The fourth-order valence-corrected chi connectivity index (χ4v) is 2.23. The van der Waals surface area contributed by atoms with E-state index in [1.165, 1.54) is 6.92 Å². The third kappa shape index (κ3) is 6.64. The predicted octanol–water partition coefficient (Wildman–Crippen LogP) is 0.584. The fraction of sp³-hybridized carbons (Fsp3) is 0.385. The number of Topliss-reactive ketones (excluding diaryl/α,β-unsaturated/α-hetero) is 1. The van der Waals surface area contributed by atoms with Gasteiger partial charge in [0.2, 0.25) is 0 Å². The van der Waals surface area contributed by atoms with Crippen LogP contribution in [-0.4, -0.2) is 33.2 Å². The van der Waals surface area contributed by atoms with Gasteiger partial charge in [0.25, 0.3) is 0 Å². The average Bonchev–Trinajstić information content (AvgIpc) is 2.34. The molecule has 1 aromatic rings. The summed E-state index contributed by atoms with van der Waals surface area (Å²) in [5, 5.41) is 0. The highest BCUT2D eigenvalue weighted by molar-refractivity contribution is 7.52. The number of carbonyl (C=O) groups excluding carboxylic acids is 2. The van der Waals surface area contributed by atoms with Crippen LogP contribution in [0.25, 0.3) is 0 Å². The second-order valence-corrected chi connectivity index (χ2v) is 6.66. The van der Waals surface area contributed by atoms with Crippen molar-refractivity contribution in [3.05, 3.63) is 35.9 Å². The van der Waals surface area contributed by atoms with Crippen molar-refractivity contribution >= 4 is 19.3 Å². The smallest absolute Gasteiger partial charge is 0.332 e. The van der Waals surface area contributed by atoms with Gasteiger partial charge in [-0.2, -0.15) is 0 Å². The van der Waals surface area contributed by atoms with E-state index in [2.05, 4.69) is 0 Å². The molecule has 1 atom stereocenters. The van der Waals surface area contributed by atoms with E-state index in [4.69, 9.17) is 20.3 Å². The number of rotatable bonds is 7. The Hall–Kier alpha value is -1.53. The molecular formula is C13H18NO6P. The molecular weight excluding hydrogens is 297 g/mol. The number of nitrogens with two attached hydrogens (primary N) is 1. The Bertz CT molecular complexity index is 551. The Morgan fingerprint density at radius 1 is 1.29 bits per heavy atom. The number of ether oxygens (including phenoxy) is 1. The van der Waals surface area contributed by atoms with E-state index in [1.54, 1.807) is 24.3 Å². The first-order chi connectivity index (χ1) is 9.60. The summed E-state index contributed by atoms with van der Waals surface area (Å²) in [6.07, 6.45) is -1.43. The lowest BCUT2D eigenvalue weighted by Gasteiger charge is -2.21. The van der Waals surface area contributed by atoms with Crippen LogP contribution >= 0.6 is 7.60 Å². The zero-order valence-electron chi connectivity index (χ0n) is 11.6. The first kappa shape index (κ1) is 17.5. The van der Waals surface area contributed by atoms with Gasteiger partial charge in [-0.3, -0.25) is 14.2 Å². The molecule has 0 aliphatic heterocycles. The van der Waals surface area contributed by atoms with E-state index >= 15 is 0 Å². The molecule has 0 bridgehead atoms. The van der Waals surface area contributed by atoms with Crippen molar-refractivity contribution < 1.29 is 28.7 Å². The summed E-state index contributed by atoms with van der Waals surface area (Å²) < 4.78 is 15.7. The van der Waals surface area contributed by atoms with Gasteiger partial charge >= 0.3 is 13.6 Å². The van der Waals surface area contributed by atoms with Crippen LogP contribution in [0.4, 0.5) is 0 Å². The molecule has 0 aromatic heterocycles. The predicted molar refractivity (Wildman–Crippen MR) is 75.4 cm³/mol. The van der Waals surface area contributed by atoms with Crippen molar-refractivity contribution in [2.45, 2.75) is 25.5 Å². The Labute approximate surface area is 122 Å². The van der Waals surface area contributed by atoms with Gasteiger partial charge in [-0.15, -0.1) is 0 Å². The molecule has 0 saturated carbocycles. The molecule has 116 valence electrons. The van der Waals surface area contributed by atoms with E-state index in [0.717, 1.165) is 5.56 Å². The lowest BCUT2D eigenvalue weighted by Crippen LogP contribution is -2.48. The maximum absolute atomic E-state index is 11.8. The largest absolute Gasteiger partial charge is 0.459 e. The standard InChI is InChI=1S/C13H18NO6P/c1-13(14,7-11(15)9-21(17,18)19)12(16)20-8-10-5-3-2-4-6-10/h2-6H,7-9,14H2,1H3,(H2,17,18,19)/t13-/m1/s1. The third-order valence-corrected chi connectivity index (χ3v) is 3.39. The fourth-order valence-electron chi connectivity index (χ4n) is 1.66. The highest BCUT2D eigenvalue weighted by Gasteiger charge is 2.34. The van der Waals surface area contributed by atoms with Crippen LogP contribution in [0.5, 0.6) is 0 Å². The van der Waals surface area contributed by atoms with E-state index in [1.807, 2.05) is 6.07 Å². The van der Waals surface area contributed by atoms with Crippen LogP contribution < -0.4 is 5.73 Å². The van der Waals surface area contributed by atoms with Crippen LogP contribution in [0.1, 0.15) is 18.9 Å². The molecule has 4 N–H and O–H groups in total. The maximum Gasteiger partial charge on any atom is 0.332 e. The number of hydrogen-bond donors (Lipinski definition) is 3. The van der Waals surface area contributed by atoms with E-state index in [0.29, 0.717) is 0 Å². The van der Waals surface area contributed by atoms with E-state index in [9.17, 15) is 14.2 Å². The summed E-state index contributed by atoms with van der Waals surface area (Å²) in [4.78, 5) is 40.7. The first-order valence-electron chi connectivity index (χ1n) is 6.16. The summed E-state index contributed by atoms with van der Waals surface area (Å²) >= 11 is 0. The Morgan fingerprint density at radius 3 is 2.38 bits per heavy atom. The number of carbonyl (C=O) groups is 2. The lowest BCUT2D eigenvalue weighted by molar-refractivity contribution is -0.152. The topological polar surface area (TPSA) is 127 Å². The number of hydrogen-bond acceptors (Lipinski definition) is 5.